The summed E-state index contributed by atoms with van der Waals surface area (Å²) in [5, 5.41) is 9.55. The number of nitrogens with zero attached hydrogens (tertiary/aromatic N) is 2. The summed E-state index contributed by atoms with van der Waals surface area (Å²) in [5.74, 6) is -4.25. The van der Waals surface area contributed by atoms with Crippen LogP contribution < -0.4 is 0 Å². The number of rotatable bonds is 5. The summed E-state index contributed by atoms with van der Waals surface area (Å²) in [7, 11) is 1.23. The Hall–Kier alpha value is -1.97. The highest BCUT2D eigenvalue weighted by Gasteiger charge is 2.50. The van der Waals surface area contributed by atoms with Gasteiger partial charge >= 0.3 is 18.0 Å². The van der Waals surface area contributed by atoms with E-state index in [0.29, 0.717) is 25.9 Å². The largest absolute Gasteiger partial charge is 0.480 e. The van der Waals surface area contributed by atoms with Gasteiger partial charge in [-0.2, -0.15) is 0 Å². The number of esters is 1. The van der Waals surface area contributed by atoms with E-state index in [2.05, 4.69) is 0 Å². The molecule has 2 saturated heterocycles. The molecule has 4 unspecified atom stereocenters. The third-order valence-electron chi connectivity index (χ3n) is 6.69. The lowest BCUT2D eigenvalue weighted by Gasteiger charge is -2.46. The number of amides is 1. The number of hydrogen-bond acceptors (Lipinski definition) is 6. The fraction of sp³-hybridized carbons (Fsp3) is 0.850. The molecule has 0 spiro atoms. The number of fused-ring (bicyclic) bond motifs is 1. The van der Waals surface area contributed by atoms with Gasteiger partial charge in [-0.15, -0.1) is 0 Å². The van der Waals surface area contributed by atoms with Crippen molar-refractivity contribution >= 4 is 18.0 Å². The van der Waals surface area contributed by atoms with Crippen molar-refractivity contribution in [3.63, 3.8) is 0 Å². The van der Waals surface area contributed by atoms with Gasteiger partial charge < -0.3 is 14.6 Å². The van der Waals surface area contributed by atoms with Gasteiger partial charge in [-0.25, -0.2) is 18.4 Å². The van der Waals surface area contributed by atoms with E-state index in [1.165, 1.54) is 16.9 Å². The van der Waals surface area contributed by atoms with Crippen LogP contribution in [0.5, 0.6) is 0 Å². The maximum Gasteiger partial charge on any atom is 0.410 e. The zero-order valence-electron chi connectivity index (χ0n) is 17.4. The third kappa shape index (κ3) is 4.84. The van der Waals surface area contributed by atoms with Crippen LogP contribution in [0, 0.1) is 17.8 Å². The number of alkyl halides is 2. The molecule has 0 radical (unpaired) electrons. The Kier molecular flexibility index (Phi) is 6.84. The fourth-order valence-corrected chi connectivity index (χ4v) is 5.34. The molecule has 2 aliphatic heterocycles. The molecular formula is C20H30F2N2O6. The molecule has 0 aromatic carbocycles. The highest BCUT2D eigenvalue weighted by molar-refractivity contribution is 5.80. The molecule has 3 aliphatic rings. The lowest BCUT2D eigenvalue weighted by atomic mass is 9.69. The molecular weight excluding hydrogens is 402 g/mol. The number of likely N-dealkylation sites (tertiary alicyclic amines) is 2. The first-order valence-corrected chi connectivity index (χ1v) is 10.5. The molecule has 1 aliphatic carbocycles. The van der Waals surface area contributed by atoms with Gasteiger partial charge in [0.1, 0.15) is 12.1 Å². The quantitative estimate of drug-likeness (QED) is 0.666. The van der Waals surface area contributed by atoms with E-state index in [1.807, 2.05) is 0 Å². The van der Waals surface area contributed by atoms with E-state index in [-0.39, 0.29) is 24.4 Å². The van der Waals surface area contributed by atoms with Gasteiger partial charge in [0.05, 0.1) is 20.3 Å². The maximum atomic E-state index is 14.0. The minimum atomic E-state index is -2.92. The molecule has 8 nitrogen and oxygen atoms in total. The number of ether oxygens (including phenoxy) is 2. The first kappa shape index (κ1) is 22.7. The molecule has 30 heavy (non-hydrogen) atoms. The summed E-state index contributed by atoms with van der Waals surface area (Å²) < 4.78 is 37.7. The second kappa shape index (κ2) is 9.03. The SMILES string of the molecule is CCOC(=O)[C@@H]1CC(F)(F)CN1CC1CCC2CN(C(=O)OC)C(C(=O)O)CC2C1. The molecule has 10 heteroatoms. The number of hydrogen-bond donors (Lipinski definition) is 1. The van der Waals surface area contributed by atoms with Gasteiger partial charge in [-0.1, -0.05) is 0 Å². The standard InChI is InChI=1S/C20H30F2N2O6/c1-3-30-18(27)16-8-20(21,22)11-23(16)9-12-4-5-13-10-24(19(28)29-2)15(17(25)26)7-14(13)6-12/h12-16H,3-11H2,1-2H3,(H,25,26)/t12?,13?,14?,15?,16-/m0/s1. The lowest BCUT2D eigenvalue weighted by Crippen LogP contribution is -2.55. The molecule has 3 fully saturated rings. The van der Waals surface area contributed by atoms with Gasteiger partial charge in [0.15, 0.2) is 0 Å². The first-order chi connectivity index (χ1) is 14.1. The van der Waals surface area contributed by atoms with Crippen molar-refractivity contribution in [2.75, 3.05) is 33.4 Å². The molecule has 0 aromatic heterocycles. The van der Waals surface area contributed by atoms with Gasteiger partial charge in [0, 0.05) is 19.5 Å². The summed E-state index contributed by atoms with van der Waals surface area (Å²) in [6, 6.07) is -1.88. The predicted molar refractivity (Wildman–Crippen MR) is 101 cm³/mol. The number of piperidine rings is 1. The number of aliphatic carboxylic acids is 1. The predicted octanol–water partition coefficient (Wildman–Crippen LogP) is 2.22. The van der Waals surface area contributed by atoms with Crippen LogP contribution in [-0.4, -0.2) is 84.3 Å². The van der Waals surface area contributed by atoms with E-state index in [0.717, 1.165) is 12.8 Å². The van der Waals surface area contributed by atoms with Gasteiger partial charge in [0.2, 0.25) is 0 Å². The zero-order valence-corrected chi connectivity index (χ0v) is 17.4. The number of carbonyl (C=O) groups is 3. The molecule has 1 amide bonds. The molecule has 0 aromatic rings. The third-order valence-corrected chi connectivity index (χ3v) is 6.69. The van der Waals surface area contributed by atoms with Crippen LogP contribution >= 0.6 is 0 Å². The molecule has 1 N–H and O–H groups in total. The monoisotopic (exact) mass is 432 g/mol. The summed E-state index contributed by atoms with van der Waals surface area (Å²) in [5.41, 5.74) is 0. The first-order valence-electron chi connectivity index (χ1n) is 10.5. The fourth-order valence-electron chi connectivity index (χ4n) is 5.34. The van der Waals surface area contributed by atoms with E-state index in [1.54, 1.807) is 6.92 Å². The second-order valence-corrected chi connectivity index (χ2v) is 8.67. The van der Waals surface area contributed by atoms with Crippen molar-refractivity contribution < 1.29 is 37.7 Å². The van der Waals surface area contributed by atoms with Crippen LogP contribution in [0.2, 0.25) is 0 Å². The van der Waals surface area contributed by atoms with Crippen molar-refractivity contribution in [3.8, 4) is 0 Å². The van der Waals surface area contributed by atoms with E-state index in [9.17, 15) is 28.3 Å². The van der Waals surface area contributed by atoms with Crippen LogP contribution in [0.1, 0.15) is 39.0 Å². The Morgan fingerprint density at radius 3 is 2.50 bits per heavy atom. The Morgan fingerprint density at radius 1 is 1.13 bits per heavy atom. The Morgan fingerprint density at radius 2 is 1.87 bits per heavy atom. The number of halogens is 2. The maximum absolute atomic E-state index is 14.0. The number of methoxy groups -OCH3 is 1. The number of carboxylic acid groups (broad SMARTS) is 1. The molecule has 2 heterocycles. The van der Waals surface area contributed by atoms with Crippen molar-refractivity contribution in [1.82, 2.24) is 9.80 Å². The summed E-state index contributed by atoms with van der Waals surface area (Å²) >= 11 is 0. The highest BCUT2D eigenvalue weighted by atomic mass is 19.3. The average molecular weight is 432 g/mol. The van der Waals surface area contributed by atoms with Crippen molar-refractivity contribution in [1.29, 1.82) is 0 Å². The minimum Gasteiger partial charge on any atom is -0.480 e. The van der Waals surface area contributed by atoms with Crippen LogP contribution in [0.4, 0.5) is 13.6 Å². The van der Waals surface area contributed by atoms with Gasteiger partial charge in [-0.05, 0) is 50.4 Å². The normalized spacial score (nSPS) is 33.6. The van der Waals surface area contributed by atoms with E-state index < -0.39 is 49.0 Å². The molecule has 170 valence electrons. The van der Waals surface area contributed by atoms with Crippen molar-refractivity contribution in [2.24, 2.45) is 17.8 Å². The summed E-state index contributed by atoms with van der Waals surface area (Å²) in [6.45, 7) is 2.02. The van der Waals surface area contributed by atoms with E-state index in [4.69, 9.17) is 9.47 Å². The van der Waals surface area contributed by atoms with Crippen LogP contribution in [0.25, 0.3) is 0 Å². The van der Waals surface area contributed by atoms with E-state index >= 15 is 0 Å². The smallest absolute Gasteiger partial charge is 0.410 e. The van der Waals surface area contributed by atoms with Crippen molar-refractivity contribution in [2.45, 2.75) is 57.0 Å². The molecule has 1 saturated carbocycles. The van der Waals surface area contributed by atoms with Gasteiger partial charge in [-0.3, -0.25) is 14.6 Å². The molecule has 0 bridgehead atoms. The van der Waals surface area contributed by atoms with Crippen molar-refractivity contribution in [3.05, 3.63) is 0 Å². The average Bonchev–Trinajstić information content (AvgIpc) is 3.00. The topological polar surface area (TPSA) is 96.4 Å². The Labute approximate surface area is 174 Å². The molecule has 3 rings (SSSR count). The second-order valence-electron chi connectivity index (χ2n) is 8.67. The lowest BCUT2D eigenvalue weighted by molar-refractivity contribution is -0.149. The Bertz CT molecular complexity index is 676. The minimum absolute atomic E-state index is 0.0925. The van der Waals surface area contributed by atoms with Gasteiger partial charge in [0.25, 0.3) is 5.92 Å². The number of carbonyl (C=O) groups excluding carboxylic acids is 2. The summed E-state index contributed by atoms with van der Waals surface area (Å²) in [4.78, 5) is 38.6. The van der Waals surface area contributed by atoms with Crippen LogP contribution in [0.3, 0.4) is 0 Å². The molecule has 5 atom stereocenters. The Balaban J connectivity index is 1.65. The van der Waals surface area contributed by atoms with Crippen LogP contribution in [-0.2, 0) is 19.1 Å². The summed E-state index contributed by atoms with van der Waals surface area (Å²) in [6.07, 6.45) is 1.42. The number of carboxylic acids is 1. The zero-order chi connectivity index (χ0) is 22.1. The highest BCUT2D eigenvalue weighted by Crippen LogP contribution is 2.43. The van der Waals surface area contributed by atoms with Crippen LogP contribution in [0.15, 0.2) is 0 Å².